The summed E-state index contributed by atoms with van der Waals surface area (Å²) >= 11 is 5.88. The molecule has 0 spiro atoms. The zero-order valence-corrected chi connectivity index (χ0v) is 9.14. The first-order valence-corrected chi connectivity index (χ1v) is 4.80. The van der Waals surface area contributed by atoms with Gasteiger partial charge >= 0.3 is 0 Å². The van der Waals surface area contributed by atoms with Crippen LogP contribution < -0.4 is 10.1 Å². The van der Waals surface area contributed by atoms with Crippen molar-refractivity contribution >= 4 is 17.7 Å². The van der Waals surface area contributed by atoms with Crippen LogP contribution in [0.3, 0.4) is 0 Å². The summed E-state index contributed by atoms with van der Waals surface area (Å²) in [5.41, 5.74) is 0.996. The molecule has 0 atom stereocenters. The van der Waals surface area contributed by atoms with Gasteiger partial charge in [0.25, 0.3) is 0 Å². The summed E-state index contributed by atoms with van der Waals surface area (Å²) in [5, 5.41) is 3.75. The van der Waals surface area contributed by atoms with E-state index >= 15 is 0 Å². The predicted molar refractivity (Wildman–Crippen MR) is 61.0 cm³/mol. The monoisotopic (exact) mass is 211 g/mol. The Bertz CT molecular complexity index is 323. The number of likely N-dealkylation sites (N-methyl/N-ethyl adjacent to an activating group) is 1. The van der Waals surface area contributed by atoms with Gasteiger partial charge in [-0.25, -0.2) is 0 Å². The third-order valence-corrected chi connectivity index (χ3v) is 2.05. The molecule has 0 aliphatic rings. The van der Waals surface area contributed by atoms with Crippen LogP contribution in [0.1, 0.15) is 5.56 Å². The Morgan fingerprint density at radius 2 is 2.29 bits per heavy atom. The number of benzene rings is 1. The van der Waals surface area contributed by atoms with E-state index in [4.69, 9.17) is 16.3 Å². The molecule has 0 aliphatic heterocycles. The first kappa shape index (κ1) is 11.1. The van der Waals surface area contributed by atoms with Crippen molar-refractivity contribution in [1.29, 1.82) is 0 Å². The topological polar surface area (TPSA) is 21.3 Å². The lowest BCUT2D eigenvalue weighted by Crippen LogP contribution is -2.03. The maximum atomic E-state index is 5.88. The van der Waals surface area contributed by atoms with Crippen molar-refractivity contribution in [2.75, 3.05) is 20.7 Å². The lowest BCUT2D eigenvalue weighted by Gasteiger charge is -2.04. The van der Waals surface area contributed by atoms with E-state index in [-0.39, 0.29) is 0 Å². The number of hydrogen-bond acceptors (Lipinski definition) is 2. The molecule has 76 valence electrons. The van der Waals surface area contributed by atoms with Crippen LogP contribution in [0, 0.1) is 0 Å². The van der Waals surface area contributed by atoms with E-state index < -0.39 is 0 Å². The molecule has 0 bridgehead atoms. The Morgan fingerprint density at radius 1 is 1.50 bits per heavy atom. The molecule has 0 saturated heterocycles. The Labute approximate surface area is 89.5 Å². The molecule has 0 heterocycles. The summed E-state index contributed by atoms with van der Waals surface area (Å²) in [6, 6.07) is 5.56. The highest BCUT2D eigenvalue weighted by atomic mass is 35.5. The second-order valence-electron chi connectivity index (χ2n) is 2.85. The van der Waals surface area contributed by atoms with Crippen molar-refractivity contribution in [3.8, 4) is 5.75 Å². The van der Waals surface area contributed by atoms with Crippen LogP contribution in [0.25, 0.3) is 6.08 Å². The molecule has 0 radical (unpaired) electrons. The van der Waals surface area contributed by atoms with E-state index in [1.165, 1.54) is 0 Å². The van der Waals surface area contributed by atoms with E-state index in [1.54, 1.807) is 7.11 Å². The van der Waals surface area contributed by atoms with Crippen molar-refractivity contribution in [3.63, 3.8) is 0 Å². The molecule has 0 fully saturated rings. The molecule has 1 rings (SSSR count). The SMILES string of the molecule is CNCC=Cc1cc(Cl)ccc1OC. The maximum absolute atomic E-state index is 5.88. The summed E-state index contributed by atoms with van der Waals surface area (Å²) in [7, 11) is 3.55. The minimum atomic E-state index is 0.718. The largest absolute Gasteiger partial charge is 0.496 e. The summed E-state index contributed by atoms with van der Waals surface area (Å²) in [5.74, 6) is 0.835. The molecule has 1 N–H and O–H groups in total. The molecular formula is C11H14ClNO. The van der Waals surface area contributed by atoms with Gasteiger partial charge in [-0.3, -0.25) is 0 Å². The fourth-order valence-electron chi connectivity index (χ4n) is 1.14. The standard InChI is InChI=1S/C11H14ClNO/c1-13-7-3-4-9-8-10(12)5-6-11(9)14-2/h3-6,8,13H,7H2,1-2H3. The first-order chi connectivity index (χ1) is 6.77. The number of halogens is 1. The molecule has 1 aromatic rings. The number of rotatable bonds is 4. The van der Waals surface area contributed by atoms with Crippen LogP contribution in [0.15, 0.2) is 24.3 Å². The zero-order valence-electron chi connectivity index (χ0n) is 8.38. The molecule has 2 nitrogen and oxygen atoms in total. The molecule has 0 saturated carbocycles. The smallest absolute Gasteiger partial charge is 0.126 e. The fourth-order valence-corrected chi connectivity index (χ4v) is 1.32. The average Bonchev–Trinajstić information content (AvgIpc) is 2.19. The molecule has 0 aliphatic carbocycles. The van der Waals surface area contributed by atoms with Crippen LogP contribution in [0.2, 0.25) is 5.02 Å². The highest BCUT2D eigenvalue weighted by Gasteiger charge is 1.99. The van der Waals surface area contributed by atoms with Gasteiger partial charge in [0.15, 0.2) is 0 Å². The van der Waals surface area contributed by atoms with E-state index in [1.807, 2.05) is 37.4 Å². The van der Waals surface area contributed by atoms with Gasteiger partial charge in [0, 0.05) is 17.1 Å². The van der Waals surface area contributed by atoms with Crippen LogP contribution in [-0.4, -0.2) is 20.7 Å². The summed E-state index contributed by atoms with van der Waals surface area (Å²) in [4.78, 5) is 0. The molecule has 0 unspecified atom stereocenters. The Hall–Kier alpha value is -0.990. The second-order valence-corrected chi connectivity index (χ2v) is 3.28. The highest BCUT2D eigenvalue weighted by molar-refractivity contribution is 6.30. The number of nitrogens with one attached hydrogen (secondary N) is 1. The Kier molecular flexibility index (Phi) is 4.50. The van der Waals surface area contributed by atoms with E-state index in [2.05, 4.69) is 5.32 Å². The van der Waals surface area contributed by atoms with Crippen LogP contribution in [0.4, 0.5) is 0 Å². The molecule has 3 heteroatoms. The van der Waals surface area contributed by atoms with Gasteiger partial charge in [-0.15, -0.1) is 0 Å². The van der Waals surface area contributed by atoms with Crippen molar-refractivity contribution in [2.24, 2.45) is 0 Å². The normalized spacial score (nSPS) is 10.8. The van der Waals surface area contributed by atoms with Gasteiger partial charge in [-0.2, -0.15) is 0 Å². The Morgan fingerprint density at radius 3 is 2.93 bits per heavy atom. The molecule has 0 amide bonds. The molecule has 1 aromatic carbocycles. The quantitative estimate of drug-likeness (QED) is 0.827. The average molecular weight is 212 g/mol. The van der Waals surface area contributed by atoms with Crippen molar-refractivity contribution in [1.82, 2.24) is 5.32 Å². The van der Waals surface area contributed by atoms with Gasteiger partial charge in [-0.1, -0.05) is 23.8 Å². The highest BCUT2D eigenvalue weighted by Crippen LogP contribution is 2.23. The second kappa shape index (κ2) is 5.68. The van der Waals surface area contributed by atoms with Gasteiger partial charge in [0.1, 0.15) is 5.75 Å². The summed E-state index contributed by atoms with van der Waals surface area (Å²) < 4.78 is 5.20. The minimum Gasteiger partial charge on any atom is -0.496 e. The summed E-state index contributed by atoms with van der Waals surface area (Å²) in [6.07, 6.45) is 4.01. The van der Waals surface area contributed by atoms with Gasteiger partial charge in [0.2, 0.25) is 0 Å². The molecular weight excluding hydrogens is 198 g/mol. The maximum Gasteiger partial charge on any atom is 0.126 e. The van der Waals surface area contributed by atoms with E-state index in [9.17, 15) is 0 Å². The van der Waals surface area contributed by atoms with Crippen LogP contribution in [0.5, 0.6) is 5.75 Å². The third kappa shape index (κ3) is 3.05. The number of hydrogen-bond donors (Lipinski definition) is 1. The van der Waals surface area contributed by atoms with Gasteiger partial charge < -0.3 is 10.1 Å². The lowest BCUT2D eigenvalue weighted by atomic mass is 10.2. The predicted octanol–water partition coefficient (Wildman–Crippen LogP) is 2.58. The van der Waals surface area contributed by atoms with E-state index in [0.717, 1.165) is 22.9 Å². The lowest BCUT2D eigenvalue weighted by molar-refractivity contribution is 0.414. The number of methoxy groups -OCH3 is 1. The van der Waals surface area contributed by atoms with Crippen molar-refractivity contribution < 1.29 is 4.74 Å². The molecule has 0 aromatic heterocycles. The van der Waals surface area contributed by atoms with Crippen molar-refractivity contribution in [3.05, 3.63) is 34.9 Å². The number of ether oxygens (including phenoxy) is 1. The fraction of sp³-hybridized carbons (Fsp3) is 0.273. The third-order valence-electron chi connectivity index (χ3n) is 1.81. The van der Waals surface area contributed by atoms with Crippen molar-refractivity contribution in [2.45, 2.75) is 0 Å². The first-order valence-electron chi connectivity index (χ1n) is 4.42. The molecule has 14 heavy (non-hydrogen) atoms. The van der Waals surface area contributed by atoms with E-state index in [0.29, 0.717) is 0 Å². The Balaban J connectivity index is 2.87. The van der Waals surface area contributed by atoms with Gasteiger partial charge in [-0.05, 0) is 25.2 Å². The van der Waals surface area contributed by atoms with Crippen LogP contribution in [-0.2, 0) is 0 Å². The van der Waals surface area contributed by atoms with Gasteiger partial charge in [0.05, 0.1) is 7.11 Å². The van der Waals surface area contributed by atoms with Crippen LogP contribution >= 0.6 is 11.6 Å². The summed E-state index contributed by atoms with van der Waals surface area (Å²) in [6.45, 7) is 0.829. The minimum absolute atomic E-state index is 0.718. The zero-order chi connectivity index (χ0) is 10.4.